The molecule has 10 heteroatoms. The van der Waals surface area contributed by atoms with Crippen molar-refractivity contribution >= 4 is 11.8 Å². The van der Waals surface area contributed by atoms with Gasteiger partial charge in [-0.3, -0.25) is 24.4 Å². The van der Waals surface area contributed by atoms with E-state index in [4.69, 9.17) is 0 Å². The number of hydrogen-bond acceptors (Lipinski definition) is 7. The lowest BCUT2D eigenvalue weighted by Gasteiger charge is -2.42. The number of carbonyl (C=O) groups excluding carboxylic acids is 2. The number of piperazine rings is 1. The van der Waals surface area contributed by atoms with Crippen molar-refractivity contribution in [2.24, 2.45) is 5.92 Å². The third kappa shape index (κ3) is 8.97. The van der Waals surface area contributed by atoms with Crippen LogP contribution in [0.15, 0.2) is 73.1 Å². The molecule has 0 saturated carbocycles. The first-order valence-corrected chi connectivity index (χ1v) is 16.1. The number of aliphatic hydroxyl groups excluding tert-OH is 2. The fraction of sp³-hybridized carbons (Fsp3) is 0.472. The van der Waals surface area contributed by atoms with E-state index in [1.807, 2.05) is 74.3 Å². The lowest BCUT2D eigenvalue weighted by Crippen LogP contribution is -2.61. The molecule has 1 aliphatic carbocycles. The van der Waals surface area contributed by atoms with E-state index in [9.17, 15) is 24.2 Å². The molecule has 4 N–H and O–H groups in total. The van der Waals surface area contributed by atoms with Crippen molar-refractivity contribution in [2.75, 3.05) is 26.2 Å². The molecular weight excluding hydrogens is 585 g/mol. The maximum absolute atomic E-state index is 14.1. The molecule has 2 heterocycles. The third-order valence-electron chi connectivity index (χ3n) is 8.76. The van der Waals surface area contributed by atoms with Crippen LogP contribution in [-0.2, 0) is 29.0 Å². The van der Waals surface area contributed by atoms with Crippen LogP contribution in [0.4, 0.5) is 4.39 Å². The SMILES string of the molecule is CC(C)(C)NC(=O)[C@@H]1CN(Cc2cccnc2)CCN1C[C@@H](O)C[C@@H](Cc1ccccc1)C(=O)N[C@H]1c2cc(F)ccc2C[C@H]1O. The first-order valence-electron chi connectivity index (χ1n) is 16.1. The highest BCUT2D eigenvalue weighted by Crippen LogP contribution is 2.33. The van der Waals surface area contributed by atoms with Crippen LogP contribution in [0.2, 0.25) is 0 Å². The maximum atomic E-state index is 14.1. The van der Waals surface area contributed by atoms with Gasteiger partial charge in [0.25, 0.3) is 0 Å². The summed E-state index contributed by atoms with van der Waals surface area (Å²) < 4.78 is 14.1. The topological polar surface area (TPSA) is 118 Å². The van der Waals surface area contributed by atoms with E-state index in [1.165, 1.54) is 12.1 Å². The molecule has 1 aromatic heterocycles. The summed E-state index contributed by atoms with van der Waals surface area (Å²) in [5, 5.41) is 28.3. The molecule has 0 bridgehead atoms. The number of β-amino-alcohol motifs (C(OH)–C–C–N with tert-alkyl or cyclic N) is 1. The predicted octanol–water partition coefficient (Wildman–Crippen LogP) is 3.01. The summed E-state index contributed by atoms with van der Waals surface area (Å²) >= 11 is 0. The van der Waals surface area contributed by atoms with Crippen molar-refractivity contribution in [3.05, 3.63) is 101 Å². The van der Waals surface area contributed by atoms with Gasteiger partial charge in [-0.15, -0.1) is 0 Å². The van der Waals surface area contributed by atoms with Crippen LogP contribution in [0.5, 0.6) is 0 Å². The molecule has 46 heavy (non-hydrogen) atoms. The average Bonchev–Trinajstić information content (AvgIpc) is 3.31. The van der Waals surface area contributed by atoms with Gasteiger partial charge in [-0.25, -0.2) is 4.39 Å². The van der Waals surface area contributed by atoms with Crippen LogP contribution in [-0.4, -0.2) is 86.8 Å². The van der Waals surface area contributed by atoms with Crippen LogP contribution in [0, 0.1) is 11.7 Å². The first-order chi connectivity index (χ1) is 21.9. The zero-order valence-corrected chi connectivity index (χ0v) is 26.9. The Labute approximate surface area is 270 Å². The highest BCUT2D eigenvalue weighted by atomic mass is 19.1. The highest BCUT2D eigenvalue weighted by Gasteiger charge is 2.37. The molecule has 2 aromatic carbocycles. The van der Waals surface area contributed by atoms with Crippen LogP contribution in [0.1, 0.15) is 55.5 Å². The fourth-order valence-corrected chi connectivity index (χ4v) is 6.58. The van der Waals surface area contributed by atoms with Gasteiger partial charge in [0, 0.05) is 63.0 Å². The number of nitrogens with one attached hydrogen (secondary N) is 2. The minimum Gasteiger partial charge on any atom is -0.392 e. The molecule has 0 spiro atoms. The van der Waals surface area contributed by atoms with Crippen LogP contribution >= 0.6 is 0 Å². The van der Waals surface area contributed by atoms with E-state index in [-0.39, 0.29) is 24.8 Å². The Balaban J connectivity index is 1.29. The number of aromatic nitrogens is 1. The van der Waals surface area contributed by atoms with Crippen molar-refractivity contribution in [2.45, 2.75) is 76.4 Å². The van der Waals surface area contributed by atoms with Crippen LogP contribution in [0.3, 0.4) is 0 Å². The number of amides is 2. The second-order valence-electron chi connectivity index (χ2n) is 13.7. The summed E-state index contributed by atoms with van der Waals surface area (Å²) in [6.07, 6.45) is 2.68. The lowest BCUT2D eigenvalue weighted by atomic mass is 9.91. The third-order valence-corrected chi connectivity index (χ3v) is 8.76. The van der Waals surface area contributed by atoms with Gasteiger partial charge in [0.15, 0.2) is 0 Å². The monoisotopic (exact) mass is 631 g/mol. The second kappa shape index (κ2) is 14.8. The molecule has 5 atom stereocenters. The fourth-order valence-electron chi connectivity index (χ4n) is 6.58. The molecule has 0 radical (unpaired) electrons. The second-order valence-corrected chi connectivity index (χ2v) is 13.7. The zero-order chi connectivity index (χ0) is 32.8. The molecule has 9 nitrogen and oxygen atoms in total. The van der Waals surface area contributed by atoms with Crippen molar-refractivity contribution in [1.29, 1.82) is 0 Å². The van der Waals surface area contributed by atoms with Gasteiger partial charge in [0.1, 0.15) is 11.9 Å². The Kier molecular flexibility index (Phi) is 10.8. The van der Waals surface area contributed by atoms with Gasteiger partial charge < -0.3 is 20.8 Å². The lowest BCUT2D eigenvalue weighted by molar-refractivity contribution is -0.132. The number of rotatable bonds is 11. The highest BCUT2D eigenvalue weighted by molar-refractivity contribution is 5.83. The molecule has 1 saturated heterocycles. The van der Waals surface area contributed by atoms with E-state index < -0.39 is 41.6 Å². The summed E-state index contributed by atoms with van der Waals surface area (Å²) in [4.78, 5) is 35.8. The van der Waals surface area contributed by atoms with Gasteiger partial charge in [-0.2, -0.15) is 0 Å². The zero-order valence-electron chi connectivity index (χ0n) is 26.9. The number of carbonyl (C=O) groups is 2. The number of pyridine rings is 1. The standard InChI is InChI=1S/C36H46FN5O4/c1-36(2,3)40-35(46)31-23-41(21-25-10-7-13-38-20-25)14-15-42(31)22-29(43)17-27(16-24-8-5-4-6-9-24)34(45)39-33-30-19-28(37)12-11-26(30)18-32(33)44/h4-13,19-20,27,29,31-33,43-44H,14-18,21-23H2,1-3H3,(H,39,45)(H,40,46)/t27-,29+,31+,32-,33+/m1/s1. The number of halogens is 1. The summed E-state index contributed by atoms with van der Waals surface area (Å²) in [6.45, 7) is 8.51. The summed E-state index contributed by atoms with van der Waals surface area (Å²) in [5.74, 6) is -1.45. The number of fused-ring (bicyclic) bond motifs is 1. The quantitative estimate of drug-likeness (QED) is 0.257. The van der Waals surface area contributed by atoms with E-state index in [1.54, 1.807) is 12.3 Å². The van der Waals surface area contributed by atoms with Crippen molar-refractivity contribution < 1.29 is 24.2 Å². The van der Waals surface area contributed by atoms with Gasteiger partial charge in [0.05, 0.1) is 18.2 Å². The minimum absolute atomic E-state index is 0.102. The molecule has 2 amide bonds. The van der Waals surface area contributed by atoms with E-state index in [2.05, 4.69) is 20.5 Å². The summed E-state index contributed by atoms with van der Waals surface area (Å²) in [5.41, 5.74) is 2.98. The van der Waals surface area contributed by atoms with Crippen LogP contribution < -0.4 is 10.6 Å². The molecule has 5 rings (SSSR count). The molecule has 1 aliphatic heterocycles. The average molecular weight is 632 g/mol. The Morgan fingerprint density at radius 1 is 1.07 bits per heavy atom. The molecule has 0 unspecified atom stereocenters. The van der Waals surface area contributed by atoms with Crippen LogP contribution in [0.25, 0.3) is 0 Å². The predicted molar refractivity (Wildman–Crippen MR) is 174 cm³/mol. The smallest absolute Gasteiger partial charge is 0.239 e. The van der Waals surface area contributed by atoms with Crippen molar-refractivity contribution in [3.63, 3.8) is 0 Å². The van der Waals surface area contributed by atoms with Gasteiger partial charge >= 0.3 is 0 Å². The normalized spacial score (nSPS) is 21.7. The number of nitrogens with zero attached hydrogens (tertiary/aromatic N) is 3. The number of hydrogen-bond donors (Lipinski definition) is 4. The Bertz CT molecular complexity index is 1470. The van der Waals surface area contributed by atoms with Gasteiger partial charge in [-0.1, -0.05) is 42.5 Å². The van der Waals surface area contributed by atoms with Crippen molar-refractivity contribution in [3.8, 4) is 0 Å². The number of benzene rings is 2. The van der Waals surface area contributed by atoms with E-state index in [0.29, 0.717) is 44.6 Å². The van der Waals surface area contributed by atoms with Crippen molar-refractivity contribution in [1.82, 2.24) is 25.4 Å². The van der Waals surface area contributed by atoms with Gasteiger partial charge in [-0.05, 0) is 74.1 Å². The minimum atomic E-state index is -0.896. The first kappa shape index (κ1) is 33.7. The Morgan fingerprint density at radius 3 is 2.54 bits per heavy atom. The molecule has 1 fully saturated rings. The molecular formula is C36H46FN5O4. The largest absolute Gasteiger partial charge is 0.392 e. The molecule has 2 aliphatic rings. The van der Waals surface area contributed by atoms with Gasteiger partial charge in [0.2, 0.25) is 11.8 Å². The maximum Gasteiger partial charge on any atom is 0.239 e. The summed E-state index contributed by atoms with van der Waals surface area (Å²) in [7, 11) is 0. The molecule has 246 valence electrons. The summed E-state index contributed by atoms with van der Waals surface area (Å²) in [6, 6.07) is 16.7. The number of aliphatic hydroxyl groups is 2. The van der Waals surface area contributed by atoms with E-state index >= 15 is 0 Å². The Hall–Kier alpha value is -3.70. The van der Waals surface area contributed by atoms with E-state index in [0.717, 1.165) is 16.7 Å². The molecule has 3 aromatic rings. The Morgan fingerprint density at radius 2 is 1.83 bits per heavy atom.